The summed E-state index contributed by atoms with van der Waals surface area (Å²) < 4.78 is 1.81. The smallest absolute Gasteiger partial charge is 0.252 e. The molecule has 1 aromatic heterocycles. The first-order valence-electron chi connectivity index (χ1n) is 4.88. The highest BCUT2D eigenvalue weighted by Crippen LogP contribution is 2.21. The predicted octanol–water partition coefficient (Wildman–Crippen LogP) is 0.147. The van der Waals surface area contributed by atoms with Crippen molar-refractivity contribution >= 4 is 5.82 Å². The van der Waals surface area contributed by atoms with Crippen molar-refractivity contribution in [2.24, 2.45) is 5.73 Å². The first kappa shape index (κ1) is 9.27. The quantitative estimate of drug-likeness (QED) is 0.690. The number of nitrogens with two attached hydrogens (primary N) is 1. The van der Waals surface area contributed by atoms with Crippen molar-refractivity contribution in [3.63, 3.8) is 0 Å². The summed E-state index contributed by atoms with van der Waals surface area (Å²) in [6.45, 7) is 2.29. The fourth-order valence-electron chi connectivity index (χ4n) is 2.01. The molecular formula is C10H15N3O. The van der Waals surface area contributed by atoms with Crippen LogP contribution < -0.4 is 16.2 Å². The van der Waals surface area contributed by atoms with Crippen LogP contribution in [0.2, 0.25) is 0 Å². The molecule has 4 nitrogen and oxygen atoms in total. The third-order valence-electron chi connectivity index (χ3n) is 2.69. The molecule has 0 fully saturated rings. The van der Waals surface area contributed by atoms with Gasteiger partial charge in [0.1, 0.15) is 5.82 Å². The van der Waals surface area contributed by atoms with Crippen molar-refractivity contribution in [3.8, 4) is 0 Å². The molecule has 76 valence electrons. The number of rotatable bonds is 1. The van der Waals surface area contributed by atoms with Gasteiger partial charge in [-0.05, 0) is 12.5 Å². The van der Waals surface area contributed by atoms with E-state index in [1.165, 1.54) is 0 Å². The standard InChI is InChI=1S/C10H15N3O/c1-12-5-2-6-13-9(14)4-3-8(7-11)10(12)13/h3-4H,2,5-7,11H2,1H3. The summed E-state index contributed by atoms with van der Waals surface area (Å²) in [5, 5.41) is 0. The molecule has 1 aromatic rings. The van der Waals surface area contributed by atoms with Crippen molar-refractivity contribution in [1.82, 2.24) is 4.57 Å². The van der Waals surface area contributed by atoms with Gasteiger partial charge in [0.25, 0.3) is 5.56 Å². The zero-order valence-corrected chi connectivity index (χ0v) is 8.36. The first-order chi connectivity index (χ1) is 6.74. The summed E-state index contributed by atoms with van der Waals surface area (Å²) >= 11 is 0. The second kappa shape index (κ2) is 3.46. The molecule has 0 bridgehead atoms. The summed E-state index contributed by atoms with van der Waals surface area (Å²) in [4.78, 5) is 13.7. The van der Waals surface area contributed by atoms with Crippen LogP contribution in [0, 0.1) is 0 Å². The van der Waals surface area contributed by atoms with Gasteiger partial charge >= 0.3 is 0 Å². The molecule has 0 amide bonds. The lowest BCUT2D eigenvalue weighted by Crippen LogP contribution is -2.36. The van der Waals surface area contributed by atoms with Crippen LogP contribution in [0.1, 0.15) is 12.0 Å². The molecule has 0 radical (unpaired) electrons. The minimum atomic E-state index is 0.0729. The molecule has 0 atom stereocenters. The van der Waals surface area contributed by atoms with Gasteiger partial charge in [-0.3, -0.25) is 9.36 Å². The van der Waals surface area contributed by atoms with E-state index in [-0.39, 0.29) is 5.56 Å². The third-order valence-corrected chi connectivity index (χ3v) is 2.69. The van der Waals surface area contributed by atoms with Gasteiger partial charge in [-0.15, -0.1) is 0 Å². The average molecular weight is 193 g/mol. The number of pyridine rings is 1. The molecule has 0 saturated heterocycles. The average Bonchev–Trinajstić information content (AvgIpc) is 2.20. The maximum absolute atomic E-state index is 11.6. The third kappa shape index (κ3) is 1.32. The SMILES string of the molecule is CN1CCCn2c1c(CN)ccc2=O. The molecule has 2 N–H and O–H groups in total. The predicted molar refractivity (Wildman–Crippen MR) is 56.5 cm³/mol. The Kier molecular flexibility index (Phi) is 2.29. The van der Waals surface area contributed by atoms with Crippen LogP contribution in [-0.2, 0) is 13.1 Å². The normalized spacial score (nSPS) is 15.4. The Morgan fingerprint density at radius 3 is 2.93 bits per heavy atom. The number of aromatic nitrogens is 1. The van der Waals surface area contributed by atoms with E-state index in [1.807, 2.05) is 17.7 Å². The molecule has 0 saturated carbocycles. The summed E-state index contributed by atoms with van der Waals surface area (Å²) in [5.74, 6) is 0.992. The van der Waals surface area contributed by atoms with E-state index in [2.05, 4.69) is 4.90 Å². The fraction of sp³-hybridized carbons (Fsp3) is 0.500. The molecule has 2 heterocycles. The Hall–Kier alpha value is -1.29. The molecule has 2 rings (SSSR count). The van der Waals surface area contributed by atoms with Crippen LogP contribution in [0.25, 0.3) is 0 Å². The Labute approximate surface area is 82.9 Å². The number of fused-ring (bicyclic) bond motifs is 1. The summed E-state index contributed by atoms with van der Waals surface area (Å²) in [5.41, 5.74) is 6.77. The van der Waals surface area contributed by atoms with Gasteiger partial charge in [0.2, 0.25) is 0 Å². The molecule has 4 heteroatoms. The van der Waals surface area contributed by atoms with Gasteiger partial charge in [-0.1, -0.05) is 0 Å². The number of anilines is 1. The van der Waals surface area contributed by atoms with E-state index in [0.717, 1.165) is 30.9 Å². The van der Waals surface area contributed by atoms with Crippen molar-refractivity contribution in [3.05, 3.63) is 28.0 Å². The largest absolute Gasteiger partial charge is 0.361 e. The van der Waals surface area contributed by atoms with Crippen LogP contribution in [0.15, 0.2) is 16.9 Å². The topological polar surface area (TPSA) is 51.3 Å². The highest BCUT2D eigenvalue weighted by atomic mass is 16.1. The molecular weight excluding hydrogens is 178 g/mol. The van der Waals surface area contributed by atoms with E-state index in [1.54, 1.807) is 6.07 Å². The molecule has 0 unspecified atom stereocenters. The number of nitrogens with zero attached hydrogens (tertiary/aromatic N) is 2. The zero-order chi connectivity index (χ0) is 10.1. The molecule has 14 heavy (non-hydrogen) atoms. The van der Waals surface area contributed by atoms with Crippen molar-refractivity contribution in [2.45, 2.75) is 19.5 Å². The van der Waals surface area contributed by atoms with E-state index in [9.17, 15) is 4.79 Å². The van der Waals surface area contributed by atoms with Crippen LogP contribution >= 0.6 is 0 Å². The fourth-order valence-corrected chi connectivity index (χ4v) is 2.01. The summed E-state index contributed by atoms with van der Waals surface area (Å²) in [6.07, 6.45) is 1.03. The van der Waals surface area contributed by atoms with E-state index >= 15 is 0 Å². The van der Waals surface area contributed by atoms with Crippen molar-refractivity contribution in [2.75, 3.05) is 18.5 Å². The van der Waals surface area contributed by atoms with Crippen LogP contribution in [0.3, 0.4) is 0 Å². The van der Waals surface area contributed by atoms with E-state index < -0.39 is 0 Å². The van der Waals surface area contributed by atoms with Crippen LogP contribution in [0.5, 0.6) is 0 Å². The number of hydrogen-bond donors (Lipinski definition) is 1. The van der Waals surface area contributed by atoms with Crippen molar-refractivity contribution in [1.29, 1.82) is 0 Å². The summed E-state index contributed by atoms with van der Waals surface area (Å²) in [6, 6.07) is 3.43. The lowest BCUT2D eigenvalue weighted by Gasteiger charge is -2.30. The van der Waals surface area contributed by atoms with Gasteiger partial charge in [0.05, 0.1) is 0 Å². The first-order valence-corrected chi connectivity index (χ1v) is 4.88. The maximum Gasteiger partial charge on any atom is 0.252 e. The lowest BCUT2D eigenvalue weighted by molar-refractivity contribution is 0.561. The minimum Gasteiger partial charge on any atom is -0.361 e. The molecule has 0 aromatic carbocycles. The monoisotopic (exact) mass is 193 g/mol. The Morgan fingerprint density at radius 1 is 1.43 bits per heavy atom. The highest BCUT2D eigenvalue weighted by Gasteiger charge is 2.17. The van der Waals surface area contributed by atoms with Gasteiger partial charge in [0.15, 0.2) is 0 Å². The number of hydrogen-bond acceptors (Lipinski definition) is 3. The Morgan fingerprint density at radius 2 is 2.21 bits per heavy atom. The zero-order valence-electron chi connectivity index (χ0n) is 8.36. The molecule has 1 aliphatic rings. The van der Waals surface area contributed by atoms with Gasteiger partial charge in [0, 0.05) is 38.3 Å². The van der Waals surface area contributed by atoms with Crippen LogP contribution in [0.4, 0.5) is 5.82 Å². The molecule has 1 aliphatic heterocycles. The van der Waals surface area contributed by atoms with E-state index in [4.69, 9.17) is 5.73 Å². The second-order valence-corrected chi connectivity index (χ2v) is 3.65. The van der Waals surface area contributed by atoms with E-state index in [0.29, 0.717) is 6.54 Å². The minimum absolute atomic E-state index is 0.0729. The molecule has 0 aliphatic carbocycles. The van der Waals surface area contributed by atoms with Gasteiger partial charge < -0.3 is 10.6 Å². The Bertz CT molecular complexity index is 397. The maximum atomic E-state index is 11.6. The lowest BCUT2D eigenvalue weighted by atomic mass is 10.2. The van der Waals surface area contributed by atoms with Gasteiger partial charge in [-0.25, -0.2) is 0 Å². The summed E-state index contributed by atoms with van der Waals surface area (Å²) in [7, 11) is 2.00. The Balaban J connectivity index is 2.64. The molecule has 0 spiro atoms. The van der Waals surface area contributed by atoms with Crippen LogP contribution in [-0.4, -0.2) is 18.2 Å². The highest BCUT2D eigenvalue weighted by molar-refractivity contribution is 5.48. The van der Waals surface area contributed by atoms with Gasteiger partial charge in [-0.2, -0.15) is 0 Å². The second-order valence-electron chi connectivity index (χ2n) is 3.65. The van der Waals surface area contributed by atoms with Crippen molar-refractivity contribution < 1.29 is 0 Å².